The van der Waals surface area contributed by atoms with Gasteiger partial charge in [-0.2, -0.15) is 0 Å². The van der Waals surface area contributed by atoms with Crippen LogP contribution >= 0.6 is 12.4 Å². The minimum Gasteiger partial charge on any atom is -0.490 e. The number of hydrogen-bond donors (Lipinski definition) is 1. The van der Waals surface area contributed by atoms with Crippen LogP contribution in [0.1, 0.15) is 48.9 Å². The monoisotopic (exact) mass is 338 g/mol. The summed E-state index contributed by atoms with van der Waals surface area (Å²) >= 11 is 0. The summed E-state index contributed by atoms with van der Waals surface area (Å²) in [7, 11) is 1.92. The number of carbonyl (C=O) groups excluding carboxylic acids is 1. The smallest absolute Gasteiger partial charge is 0.253 e. The standard InChI is InChI=1S/C18H26N2O2.ClH/c1-20(15-9-11-19-12-10-15)18(21)14-5-4-8-17(13-14)22-16-6-2-3-7-16;/h4-5,8,13,15-16,19H,2-3,6-7,9-12H2,1H3;1H. The summed E-state index contributed by atoms with van der Waals surface area (Å²) in [4.78, 5) is 14.6. The summed E-state index contributed by atoms with van der Waals surface area (Å²) in [5.41, 5.74) is 0.733. The fraction of sp³-hybridized carbons (Fsp3) is 0.611. The SMILES string of the molecule is CN(C(=O)c1cccc(OC2CCCC2)c1)C1CCNCC1.Cl. The van der Waals surface area contributed by atoms with Gasteiger partial charge in [0.25, 0.3) is 5.91 Å². The lowest BCUT2D eigenvalue weighted by molar-refractivity contribution is 0.0702. The second-order valence-corrected chi connectivity index (χ2v) is 6.45. The van der Waals surface area contributed by atoms with Crippen molar-refractivity contribution in [3.63, 3.8) is 0 Å². The number of piperidine rings is 1. The van der Waals surface area contributed by atoms with Gasteiger partial charge in [-0.15, -0.1) is 12.4 Å². The molecule has 1 N–H and O–H groups in total. The van der Waals surface area contributed by atoms with Gasteiger partial charge in [0.15, 0.2) is 0 Å². The first-order chi connectivity index (χ1) is 10.7. The number of benzene rings is 1. The van der Waals surface area contributed by atoms with Crippen molar-refractivity contribution in [3.8, 4) is 5.75 Å². The van der Waals surface area contributed by atoms with Gasteiger partial charge in [0.2, 0.25) is 0 Å². The number of nitrogens with zero attached hydrogens (tertiary/aromatic N) is 1. The van der Waals surface area contributed by atoms with Crippen LogP contribution in [0.4, 0.5) is 0 Å². The van der Waals surface area contributed by atoms with E-state index in [9.17, 15) is 4.79 Å². The average Bonchev–Trinajstić information content (AvgIpc) is 3.07. The van der Waals surface area contributed by atoms with Crippen molar-refractivity contribution in [2.45, 2.75) is 50.7 Å². The molecule has 0 bridgehead atoms. The molecule has 0 unspecified atom stereocenters. The molecule has 2 fully saturated rings. The Morgan fingerprint density at radius 3 is 2.57 bits per heavy atom. The lowest BCUT2D eigenvalue weighted by Gasteiger charge is -2.31. The van der Waals surface area contributed by atoms with Gasteiger partial charge >= 0.3 is 0 Å². The van der Waals surface area contributed by atoms with Crippen LogP contribution in [0.25, 0.3) is 0 Å². The van der Waals surface area contributed by atoms with Crippen molar-refractivity contribution in [1.82, 2.24) is 10.2 Å². The molecule has 3 rings (SSSR count). The molecule has 0 aromatic heterocycles. The van der Waals surface area contributed by atoms with E-state index in [1.165, 1.54) is 12.8 Å². The molecule has 0 atom stereocenters. The van der Waals surface area contributed by atoms with Crippen LogP contribution < -0.4 is 10.1 Å². The zero-order chi connectivity index (χ0) is 15.4. The molecule has 23 heavy (non-hydrogen) atoms. The van der Waals surface area contributed by atoms with E-state index < -0.39 is 0 Å². The van der Waals surface area contributed by atoms with E-state index in [1.54, 1.807) is 0 Å². The minimum absolute atomic E-state index is 0. The largest absolute Gasteiger partial charge is 0.490 e. The molecular formula is C18H27ClN2O2. The van der Waals surface area contributed by atoms with Crippen molar-refractivity contribution in [1.29, 1.82) is 0 Å². The van der Waals surface area contributed by atoms with Crippen LogP contribution in [-0.2, 0) is 0 Å². The molecule has 5 heteroatoms. The first-order valence-corrected chi connectivity index (χ1v) is 8.48. The maximum atomic E-state index is 12.7. The number of amides is 1. The first-order valence-electron chi connectivity index (χ1n) is 8.48. The molecule has 1 saturated heterocycles. The maximum absolute atomic E-state index is 12.7. The number of nitrogens with one attached hydrogen (secondary N) is 1. The van der Waals surface area contributed by atoms with Crippen LogP contribution in [-0.4, -0.2) is 43.1 Å². The molecule has 0 spiro atoms. The lowest BCUT2D eigenvalue weighted by Crippen LogP contribution is -2.43. The van der Waals surface area contributed by atoms with Crippen molar-refractivity contribution in [2.24, 2.45) is 0 Å². The number of halogens is 1. The van der Waals surface area contributed by atoms with Gasteiger partial charge in [-0.1, -0.05) is 6.07 Å². The summed E-state index contributed by atoms with van der Waals surface area (Å²) in [6.07, 6.45) is 7.15. The van der Waals surface area contributed by atoms with E-state index in [2.05, 4.69) is 5.32 Å². The van der Waals surface area contributed by atoms with E-state index in [0.29, 0.717) is 12.1 Å². The molecule has 128 valence electrons. The summed E-state index contributed by atoms with van der Waals surface area (Å²) in [6, 6.07) is 8.01. The highest BCUT2D eigenvalue weighted by Crippen LogP contribution is 2.25. The lowest BCUT2D eigenvalue weighted by atomic mass is 10.0. The van der Waals surface area contributed by atoms with Crippen LogP contribution in [0.3, 0.4) is 0 Å². The van der Waals surface area contributed by atoms with Crippen molar-refractivity contribution >= 4 is 18.3 Å². The summed E-state index contributed by atoms with van der Waals surface area (Å²) < 4.78 is 6.01. The Balaban J connectivity index is 0.00000192. The summed E-state index contributed by atoms with van der Waals surface area (Å²) in [5.74, 6) is 0.931. The summed E-state index contributed by atoms with van der Waals surface area (Å²) in [5, 5.41) is 3.34. The van der Waals surface area contributed by atoms with Crippen LogP contribution in [0.15, 0.2) is 24.3 Å². The zero-order valence-electron chi connectivity index (χ0n) is 13.8. The Morgan fingerprint density at radius 2 is 1.87 bits per heavy atom. The Bertz CT molecular complexity index is 511. The van der Waals surface area contributed by atoms with Crippen molar-refractivity contribution in [2.75, 3.05) is 20.1 Å². The third kappa shape index (κ3) is 4.61. The van der Waals surface area contributed by atoms with E-state index in [1.807, 2.05) is 36.2 Å². The van der Waals surface area contributed by atoms with E-state index in [0.717, 1.165) is 50.1 Å². The fourth-order valence-corrected chi connectivity index (χ4v) is 3.46. The predicted octanol–water partition coefficient (Wildman–Crippen LogP) is 3.25. The topological polar surface area (TPSA) is 41.6 Å². The van der Waals surface area contributed by atoms with Crippen LogP contribution in [0, 0.1) is 0 Å². The highest BCUT2D eigenvalue weighted by atomic mass is 35.5. The first kappa shape index (κ1) is 18.1. The molecule has 1 saturated carbocycles. The molecule has 0 radical (unpaired) electrons. The Kier molecular flexibility index (Phi) is 6.72. The average molecular weight is 339 g/mol. The summed E-state index contributed by atoms with van der Waals surface area (Å²) in [6.45, 7) is 1.99. The van der Waals surface area contributed by atoms with Gasteiger partial charge in [0.1, 0.15) is 5.75 Å². The van der Waals surface area contributed by atoms with E-state index >= 15 is 0 Å². The molecule has 1 aromatic rings. The van der Waals surface area contributed by atoms with Crippen LogP contribution in [0.5, 0.6) is 5.75 Å². The zero-order valence-corrected chi connectivity index (χ0v) is 14.6. The molecule has 2 aliphatic rings. The molecule has 1 aliphatic carbocycles. The third-order valence-electron chi connectivity index (χ3n) is 4.86. The number of ether oxygens (including phenoxy) is 1. The molecule has 4 nitrogen and oxygen atoms in total. The van der Waals surface area contributed by atoms with Gasteiger partial charge in [-0.3, -0.25) is 4.79 Å². The second-order valence-electron chi connectivity index (χ2n) is 6.45. The molecule has 1 heterocycles. The normalized spacial score (nSPS) is 19.2. The quantitative estimate of drug-likeness (QED) is 0.916. The van der Waals surface area contributed by atoms with Crippen molar-refractivity contribution in [3.05, 3.63) is 29.8 Å². The van der Waals surface area contributed by atoms with Gasteiger partial charge < -0.3 is 15.0 Å². The number of hydrogen-bond acceptors (Lipinski definition) is 3. The fourth-order valence-electron chi connectivity index (χ4n) is 3.46. The molecule has 1 aliphatic heterocycles. The molecule has 1 aromatic carbocycles. The third-order valence-corrected chi connectivity index (χ3v) is 4.86. The second kappa shape index (κ2) is 8.55. The van der Waals surface area contributed by atoms with Gasteiger partial charge in [0.05, 0.1) is 6.10 Å². The molecule has 1 amide bonds. The molecular weight excluding hydrogens is 312 g/mol. The van der Waals surface area contributed by atoms with Crippen LogP contribution in [0.2, 0.25) is 0 Å². The van der Waals surface area contributed by atoms with Gasteiger partial charge in [0, 0.05) is 18.7 Å². The van der Waals surface area contributed by atoms with Gasteiger partial charge in [-0.25, -0.2) is 0 Å². The maximum Gasteiger partial charge on any atom is 0.253 e. The van der Waals surface area contributed by atoms with Gasteiger partial charge in [-0.05, 0) is 69.8 Å². The Labute approximate surface area is 145 Å². The van der Waals surface area contributed by atoms with Crippen molar-refractivity contribution < 1.29 is 9.53 Å². The highest BCUT2D eigenvalue weighted by molar-refractivity contribution is 5.94. The van der Waals surface area contributed by atoms with E-state index in [4.69, 9.17) is 4.74 Å². The minimum atomic E-state index is 0. The highest BCUT2D eigenvalue weighted by Gasteiger charge is 2.23. The number of carbonyl (C=O) groups is 1. The van der Waals surface area contributed by atoms with E-state index in [-0.39, 0.29) is 18.3 Å². The predicted molar refractivity (Wildman–Crippen MR) is 94.6 cm³/mol. The number of rotatable bonds is 4. The Hall–Kier alpha value is -1.26. The Morgan fingerprint density at radius 1 is 1.17 bits per heavy atom.